The first-order chi connectivity index (χ1) is 9.21. The Morgan fingerprint density at radius 1 is 1.40 bits per heavy atom. The van der Waals surface area contributed by atoms with E-state index in [0.717, 1.165) is 16.6 Å². The molecule has 1 aromatic rings. The van der Waals surface area contributed by atoms with Crippen molar-refractivity contribution in [2.75, 3.05) is 24.8 Å². The van der Waals surface area contributed by atoms with Crippen molar-refractivity contribution in [2.24, 2.45) is 0 Å². The van der Waals surface area contributed by atoms with Crippen molar-refractivity contribution in [1.29, 1.82) is 0 Å². The zero-order valence-electron chi connectivity index (χ0n) is 11.6. The van der Waals surface area contributed by atoms with E-state index in [4.69, 9.17) is 5.73 Å². The van der Waals surface area contributed by atoms with Gasteiger partial charge in [0, 0.05) is 22.0 Å². The van der Waals surface area contributed by atoms with E-state index < -0.39 is 10.0 Å². The highest BCUT2D eigenvalue weighted by Crippen LogP contribution is 2.34. The van der Waals surface area contributed by atoms with Crippen molar-refractivity contribution < 1.29 is 8.42 Å². The van der Waals surface area contributed by atoms with Crippen molar-refractivity contribution in [3.63, 3.8) is 0 Å². The third-order valence-electron chi connectivity index (χ3n) is 3.03. The van der Waals surface area contributed by atoms with Gasteiger partial charge in [0.05, 0.1) is 5.69 Å². The Kier molecular flexibility index (Phi) is 6.85. The van der Waals surface area contributed by atoms with Crippen molar-refractivity contribution in [3.05, 3.63) is 21.1 Å². The van der Waals surface area contributed by atoms with Gasteiger partial charge in [-0.15, -0.1) is 0 Å². The molecule has 1 atom stereocenters. The first kappa shape index (κ1) is 18.3. The molecule has 0 spiro atoms. The SMILES string of the molecule is CSCCC(C)N(C)S(=O)(=O)c1c(N)cc(Br)cc1Br. The van der Waals surface area contributed by atoms with Crippen LogP contribution >= 0.6 is 43.6 Å². The van der Waals surface area contributed by atoms with Crippen LogP contribution in [0.1, 0.15) is 13.3 Å². The van der Waals surface area contributed by atoms with Crippen molar-refractivity contribution in [2.45, 2.75) is 24.3 Å². The summed E-state index contributed by atoms with van der Waals surface area (Å²) in [5, 5.41) is 0. The van der Waals surface area contributed by atoms with Crippen molar-refractivity contribution in [3.8, 4) is 0 Å². The van der Waals surface area contributed by atoms with Crippen LogP contribution in [0.4, 0.5) is 5.69 Å². The number of nitrogens with zero attached hydrogens (tertiary/aromatic N) is 1. The second kappa shape index (κ2) is 7.49. The third kappa shape index (κ3) is 4.13. The summed E-state index contributed by atoms with van der Waals surface area (Å²) in [5.74, 6) is 0.915. The number of thioether (sulfide) groups is 1. The maximum absolute atomic E-state index is 12.7. The Balaban J connectivity index is 3.17. The fraction of sp³-hybridized carbons (Fsp3) is 0.500. The molecule has 8 heteroatoms. The maximum atomic E-state index is 12.7. The monoisotopic (exact) mass is 444 g/mol. The van der Waals surface area contributed by atoms with Crippen LogP contribution in [-0.2, 0) is 10.0 Å². The first-order valence-electron chi connectivity index (χ1n) is 5.93. The summed E-state index contributed by atoms with van der Waals surface area (Å²) >= 11 is 8.28. The molecule has 2 N–H and O–H groups in total. The molecule has 0 radical (unpaired) electrons. The average molecular weight is 446 g/mol. The maximum Gasteiger partial charge on any atom is 0.246 e. The van der Waals surface area contributed by atoms with Gasteiger partial charge in [0.1, 0.15) is 4.90 Å². The van der Waals surface area contributed by atoms with E-state index in [2.05, 4.69) is 31.9 Å². The lowest BCUT2D eigenvalue weighted by Crippen LogP contribution is -2.36. The van der Waals surface area contributed by atoms with Gasteiger partial charge in [0.15, 0.2) is 0 Å². The number of nitrogens with two attached hydrogens (primary N) is 1. The molecule has 0 fully saturated rings. The van der Waals surface area contributed by atoms with E-state index >= 15 is 0 Å². The summed E-state index contributed by atoms with van der Waals surface area (Å²) in [7, 11) is -2.02. The molecule has 1 rings (SSSR count). The van der Waals surface area contributed by atoms with Crippen molar-refractivity contribution >= 4 is 59.3 Å². The zero-order valence-corrected chi connectivity index (χ0v) is 16.4. The van der Waals surface area contributed by atoms with E-state index in [1.165, 1.54) is 4.31 Å². The van der Waals surface area contributed by atoms with Crippen LogP contribution in [0.5, 0.6) is 0 Å². The summed E-state index contributed by atoms with van der Waals surface area (Å²) in [4.78, 5) is 0.124. The summed E-state index contributed by atoms with van der Waals surface area (Å²) in [6.07, 6.45) is 2.80. The Morgan fingerprint density at radius 3 is 2.50 bits per heavy atom. The lowest BCUT2D eigenvalue weighted by Gasteiger charge is -2.25. The van der Waals surface area contributed by atoms with E-state index in [9.17, 15) is 8.42 Å². The number of rotatable bonds is 6. The van der Waals surface area contributed by atoms with Gasteiger partial charge >= 0.3 is 0 Å². The molecule has 0 saturated heterocycles. The molecule has 0 aromatic heterocycles. The molecular weight excluding hydrogens is 428 g/mol. The van der Waals surface area contributed by atoms with Crippen molar-refractivity contribution in [1.82, 2.24) is 4.31 Å². The zero-order chi connectivity index (χ0) is 15.5. The van der Waals surface area contributed by atoms with Gasteiger partial charge in [-0.1, -0.05) is 15.9 Å². The Bertz CT molecular complexity index is 556. The minimum Gasteiger partial charge on any atom is -0.398 e. The summed E-state index contributed by atoms with van der Waals surface area (Å²) in [6.45, 7) is 1.90. The highest BCUT2D eigenvalue weighted by Gasteiger charge is 2.29. The van der Waals surface area contributed by atoms with E-state index in [1.807, 2.05) is 13.2 Å². The number of hydrogen-bond donors (Lipinski definition) is 1. The van der Waals surface area contributed by atoms with Crippen LogP contribution in [-0.4, -0.2) is 37.8 Å². The molecule has 4 nitrogen and oxygen atoms in total. The Hall–Kier alpha value is 0.240. The molecular formula is C12H18Br2N2O2S2. The molecule has 1 unspecified atom stereocenters. The number of halogens is 2. The number of hydrogen-bond acceptors (Lipinski definition) is 4. The second-order valence-corrected chi connectivity index (χ2v) is 9.15. The van der Waals surface area contributed by atoms with E-state index in [-0.39, 0.29) is 16.6 Å². The summed E-state index contributed by atoms with van der Waals surface area (Å²) in [6, 6.07) is 3.20. The molecule has 0 heterocycles. The van der Waals surface area contributed by atoms with Crippen LogP contribution in [0.3, 0.4) is 0 Å². The second-order valence-electron chi connectivity index (χ2n) is 4.46. The molecule has 0 bridgehead atoms. The van der Waals surface area contributed by atoms with Crippen LogP contribution in [0, 0.1) is 0 Å². The molecule has 0 amide bonds. The average Bonchev–Trinajstić information content (AvgIpc) is 2.33. The summed E-state index contributed by atoms with van der Waals surface area (Å²) in [5.41, 5.74) is 6.11. The van der Waals surface area contributed by atoms with Gasteiger partial charge in [-0.2, -0.15) is 16.1 Å². The van der Waals surface area contributed by atoms with Crippen LogP contribution in [0.25, 0.3) is 0 Å². The number of sulfonamides is 1. The van der Waals surface area contributed by atoms with Gasteiger partial charge in [-0.25, -0.2) is 8.42 Å². The Labute approximate surface area is 141 Å². The Morgan fingerprint density at radius 2 is 2.00 bits per heavy atom. The number of benzene rings is 1. The van der Waals surface area contributed by atoms with Gasteiger partial charge in [-0.3, -0.25) is 0 Å². The van der Waals surface area contributed by atoms with Gasteiger partial charge in [-0.05, 0) is 53.4 Å². The molecule has 20 heavy (non-hydrogen) atoms. The third-order valence-corrected chi connectivity index (χ3v) is 7.11. The quantitative estimate of drug-likeness (QED) is 0.680. The minimum absolute atomic E-state index is 0.0811. The predicted molar refractivity (Wildman–Crippen MR) is 93.7 cm³/mol. The highest BCUT2D eigenvalue weighted by molar-refractivity contribution is 9.11. The topological polar surface area (TPSA) is 63.4 Å². The van der Waals surface area contributed by atoms with Gasteiger partial charge in [0.25, 0.3) is 0 Å². The summed E-state index contributed by atoms with van der Waals surface area (Å²) < 4.78 is 28.0. The smallest absolute Gasteiger partial charge is 0.246 e. The molecule has 0 aliphatic rings. The highest BCUT2D eigenvalue weighted by atomic mass is 79.9. The van der Waals surface area contributed by atoms with Gasteiger partial charge in [0.2, 0.25) is 10.0 Å². The largest absolute Gasteiger partial charge is 0.398 e. The first-order valence-corrected chi connectivity index (χ1v) is 10.3. The normalized spacial score (nSPS) is 13.7. The number of nitrogen functional groups attached to an aromatic ring is 1. The van der Waals surface area contributed by atoms with Crippen LogP contribution in [0.2, 0.25) is 0 Å². The van der Waals surface area contributed by atoms with E-state index in [0.29, 0.717) is 4.47 Å². The van der Waals surface area contributed by atoms with Crippen LogP contribution in [0.15, 0.2) is 26.0 Å². The molecule has 0 aliphatic carbocycles. The predicted octanol–water partition coefficient (Wildman–Crippen LogP) is 3.56. The number of anilines is 1. The molecule has 1 aromatic carbocycles. The fourth-order valence-corrected chi connectivity index (χ4v) is 5.68. The lowest BCUT2D eigenvalue weighted by molar-refractivity contribution is 0.382. The molecule has 114 valence electrons. The van der Waals surface area contributed by atoms with Crippen LogP contribution < -0.4 is 5.73 Å². The standard InChI is InChI=1S/C12H18Br2N2O2S2/c1-8(4-5-19-3)16(2)20(17,18)12-10(14)6-9(13)7-11(12)15/h6-8H,4-5,15H2,1-3H3. The van der Waals surface area contributed by atoms with E-state index in [1.54, 1.807) is 30.9 Å². The molecule has 0 saturated carbocycles. The minimum atomic E-state index is -3.62. The van der Waals surface area contributed by atoms with Gasteiger partial charge < -0.3 is 5.73 Å². The molecule has 0 aliphatic heterocycles. The lowest BCUT2D eigenvalue weighted by atomic mass is 10.3. The fourth-order valence-electron chi connectivity index (χ4n) is 1.70.